The molecule has 0 saturated heterocycles. The molecule has 0 aromatic heterocycles. The van der Waals surface area contributed by atoms with Crippen LogP contribution in [0.15, 0.2) is 36.4 Å². The van der Waals surface area contributed by atoms with Crippen molar-refractivity contribution in [3.63, 3.8) is 0 Å². The Labute approximate surface area is 131 Å². The van der Waals surface area contributed by atoms with Crippen molar-refractivity contribution in [2.75, 3.05) is 5.32 Å². The molecule has 0 spiro atoms. The summed E-state index contributed by atoms with van der Waals surface area (Å²) >= 11 is 11.8. The summed E-state index contributed by atoms with van der Waals surface area (Å²) in [6.45, 7) is 1.82. The molecule has 108 valence electrons. The van der Waals surface area contributed by atoms with Crippen molar-refractivity contribution in [2.45, 2.75) is 6.92 Å². The van der Waals surface area contributed by atoms with Crippen LogP contribution in [0.25, 0.3) is 0 Å². The molecule has 0 heterocycles. The van der Waals surface area contributed by atoms with Gasteiger partial charge >= 0.3 is 5.97 Å². The fourth-order valence-corrected chi connectivity index (χ4v) is 2.21. The number of carboxylic acid groups (broad SMARTS) is 1. The van der Waals surface area contributed by atoms with Gasteiger partial charge in [0.05, 0.1) is 10.7 Å². The van der Waals surface area contributed by atoms with Gasteiger partial charge in [-0.25, -0.2) is 4.79 Å². The molecule has 2 aromatic carbocycles. The summed E-state index contributed by atoms with van der Waals surface area (Å²) in [6, 6.07) is 9.34. The smallest absolute Gasteiger partial charge is 0.339 e. The molecule has 1 amide bonds. The number of carbonyl (C=O) groups is 2. The fraction of sp³-hybridized carbons (Fsp3) is 0.0667. The van der Waals surface area contributed by atoms with E-state index in [2.05, 4.69) is 5.32 Å². The molecule has 2 aromatic rings. The van der Waals surface area contributed by atoms with Crippen LogP contribution in [0.2, 0.25) is 10.0 Å². The molecule has 0 aliphatic rings. The van der Waals surface area contributed by atoms with Crippen molar-refractivity contribution in [2.24, 2.45) is 0 Å². The highest BCUT2D eigenvalue weighted by Crippen LogP contribution is 2.25. The van der Waals surface area contributed by atoms with Gasteiger partial charge in [0.25, 0.3) is 5.91 Å². The quantitative estimate of drug-likeness (QED) is 0.887. The lowest BCUT2D eigenvalue weighted by Gasteiger charge is -2.10. The van der Waals surface area contributed by atoms with Crippen molar-refractivity contribution in [3.8, 4) is 0 Å². The van der Waals surface area contributed by atoms with Crippen LogP contribution < -0.4 is 5.32 Å². The van der Waals surface area contributed by atoms with E-state index in [9.17, 15) is 9.59 Å². The number of halogens is 2. The first-order valence-electron chi connectivity index (χ1n) is 5.99. The summed E-state index contributed by atoms with van der Waals surface area (Å²) in [6.07, 6.45) is 0. The van der Waals surface area contributed by atoms with Gasteiger partial charge in [0.15, 0.2) is 0 Å². The van der Waals surface area contributed by atoms with Crippen molar-refractivity contribution >= 4 is 40.8 Å². The zero-order valence-electron chi connectivity index (χ0n) is 11.0. The second kappa shape index (κ2) is 6.16. The van der Waals surface area contributed by atoms with Crippen LogP contribution in [0, 0.1) is 6.92 Å². The number of carboxylic acids is 1. The van der Waals surface area contributed by atoms with Gasteiger partial charge in [-0.2, -0.15) is 0 Å². The minimum absolute atomic E-state index is 0.0576. The second-order valence-corrected chi connectivity index (χ2v) is 5.20. The Hall–Kier alpha value is -2.04. The van der Waals surface area contributed by atoms with Crippen LogP contribution in [0.3, 0.4) is 0 Å². The normalized spacial score (nSPS) is 10.2. The van der Waals surface area contributed by atoms with Crippen LogP contribution in [-0.4, -0.2) is 17.0 Å². The molecule has 0 fully saturated rings. The molecule has 4 nitrogen and oxygen atoms in total. The lowest BCUT2D eigenvalue weighted by molar-refractivity contribution is 0.0698. The van der Waals surface area contributed by atoms with Gasteiger partial charge in [0.1, 0.15) is 5.56 Å². The van der Waals surface area contributed by atoms with Crippen molar-refractivity contribution in [1.29, 1.82) is 0 Å². The third-order valence-electron chi connectivity index (χ3n) is 2.91. The molecule has 2 rings (SSSR count). The van der Waals surface area contributed by atoms with E-state index in [1.54, 1.807) is 18.2 Å². The molecule has 21 heavy (non-hydrogen) atoms. The molecular formula is C15H11Cl2NO3. The lowest BCUT2D eigenvalue weighted by atomic mass is 10.1. The van der Waals surface area contributed by atoms with Gasteiger partial charge in [-0.3, -0.25) is 4.79 Å². The molecule has 0 aliphatic heterocycles. The van der Waals surface area contributed by atoms with Crippen LogP contribution in [0.5, 0.6) is 0 Å². The number of aromatic carboxylic acids is 1. The molecule has 0 radical (unpaired) electrons. The van der Waals surface area contributed by atoms with E-state index < -0.39 is 11.9 Å². The first-order valence-corrected chi connectivity index (χ1v) is 6.75. The first-order chi connectivity index (χ1) is 9.90. The molecule has 0 bridgehead atoms. The molecule has 0 saturated carbocycles. The van der Waals surface area contributed by atoms with E-state index in [0.29, 0.717) is 10.6 Å². The predicted molar refractivity (Wildman–Crippen MR) is 82.6 cm³/mol. The topological polar surface area (TPSA) is 66.4 Å². The largest absolute Gasteiger partial charge is 0.478 e. The third kappa shape index (κ3) is 3.35. The van der Waals surface area contributed by atoms with Gasteiger partial charge in [-0.05, 0) is 36.8 Å². The average molecular weight is 324 g/mol. The molecular weight excluding hydrogens is 313 g/mol. The van der Waals surface area contributed by atoms with Crippen LogP contribution in [-0.2, 0) is 0 Å². The Morgan fingerprint density at radius 1 is 1.10 bits per heavy atom. The number of amides is 1. The Morgan fingerprint density at radius 3 is 2.43 bits per heavy atom. The summed E-state index contributed by atoms with van der Waals surface area (Å²) in [7, 11) is 0. The van der Waals surface area contributed by atoms with E-state index in [-0.39, 0.29) is 16.3 Å². The summed E-state index contributed by atoms with van der Waals surface area (Å²) in [5.41, 5.74) is 1.17. The van der Waals surface area contributed by atoms with Crippen LogP contribution >= 0.6 is 23.2 Å². The van der Waals surface area contributed by atoms with E-state index in [1.165, 1.54) is 18.2 Å². The number of benzene rings is 2. The predicted octanol–water partition coefficient (Wildman–Crippen LogP) is 4.25. The number of hydrogen-bond acceptors (Lipinski definition) is 2. The Morgan fingerprint density at radius 2 is 1.81 bits per heavy atom. The summed E-state index contributed by atoms with van der Waals surface area (Å²) in [5.74, 6) is -1.67. The zero-order valence-corrected chi connectivity index (χ0v) is 12.5. The Bertz CT molecular complexity index is 729. The van der Waals surface area contributed by atoms with Crippen LogP contribution in [0.1, 0.15) is 26.3 Å². The van der Waals surface area contributed by atoms with Gasteiger partial charge in [0, 0.05) is 10.6 Å². The van der Waals surface area contributed by atoms with Gasteiger partial charge in [0.2, 0.25) is 0 Å². The average Bonchev–Trinajstić information content (AvgIpc) is 2.41. The molecule has 6 heteroatoms. The Balaban J connectivity index is 2.34. The summed E-state index contributed by atoms with van der Waals surface area (Å²) in [5, 5.41) is 12.2. The fourth-order valence-electron chi connectivity index (χ4n) is 1.77. The maximum absolute atomic E-state index is 12.2. The minimum Gasteiger partial charge on any atom is -0.478 e. The molecule has 2 N–H and O–H groups in total. The zero-order chi connectivity index (χ0) is 15.6. The van der Waals surface area contributed by atoms with Crippen molar-refractivity contribution in [1.82, 2.24) is 0 Å². The maximum Gasteiger partial charge on any atom is 0.339 e. The van der Waals surface area contributed by atoms with Gasteiger partial charge in [-0.1, -0.05) is 35.3 Å². The highest BCUT2D eigenvalue weighted by Gasteiger charge is 2.17. The van der Waals surface area contributed by atoms with Crippen molar-refractivity contribution < 1.29 is 14.7 Å². The molecule has 0 atom stereocenters. The van der Waals surface area contributed by atoms with Gasteiger partial charge < -0.3 is 10.4 Å². The Kier molecular flexibility index (Phi) is 4.50. The number of carbonyl (C=O) groups excluding carboxylic acids is 1. The van der Waals surface area contributed by atoms with Gasteiger partial charge in [-0.15, -0.1) is 0 Å². The number of nitrogens with one attached hydrogen (secondary N) is 1. The summed E-state index contributed by atoms with van der Waals surface area (Å²) < 4.78 is 0. The highest BCUT2D eigenvalue weighted by molar-refractivity contribution is 6.34. The monoisotopic (exact) mass is 323 g/mol. The number of hydrogen-bond donors (Lipinski definition) is 2. The third-order valence-corrected chi connectivity index (χ3v) is 3.63. The standard InChI is InChI=1S/C15H11Cl2NO3/c1-8-5-6-9(7-11(8)17)14(19)18-12-4-2-3-10(16)13(12)15(20)21/h2-7H,1H3,(H,18,19)(H,20,21). The van der Waals surface area contributed by atoms with E-state index in [4.69, 9.17) is 28.3 Å². The highest BCUT2D eigenvalue weighted by atomic mass is 35.5. The lowest BCUT2D eigenvalue weighted by Crippen LogP contribution is -2.15. The van der Waals surface area contributed by atoms with E-state index in [0.717, 1.165) is 5.56 Å². The number of rotatable bonds is 3. The molecule has 0 unspecified atom stereocenters. The first kappa shape index (κ1) is 15.4. The maximum atomic E-state index is 12.2. The number of anilines is 1. The second-order valence-electron chi connectivity index (χ2n) is 4.39. The van der Waals surface area contributed by atoms with E-state index in [1.807, 2.05) is 6.92 Å². The SMILES string of the molecule is Cc1ccc(C(=O)Nc2cccc(Cl)c2C(=O)O)cc1Cl. The van der Waals surface area contributed by atoms with E-state index >= 15 is 0 Å². The van der Waals surface area contributed by atoms with Crippen molar-refractivity contribution in [3.05, 3.63) is 63.1 Å². The minimum atomic E-state index is -1.21. The number of aryl methyl sites for hydroxylation is 1. The summed E-state index contributed by atoms with van der Waals surface area (Å²) in [4.78, 5) is 23.4. The molecule has 0 aliphatic carbocycles. The van der Waals surface area contributed by atoms with Crippen LogP contribution in [0.4, 0.5) is 5.69 Å².